The van der Waals surface area contributed by atoms with Crippen molar-refractivity contribution >= 4 is 0 Å². The third kappa shape index (κ3) is 1.73. The molecule has 3 rings (SSSR count). The third-order valence-electron chi connectivity index (χ3n) is 5.64. The van der Waals surface area contributed by atoms with Crippen LogP contribution in [0.15, 0.2) is 0 Å². The monoisotopic (exact) mass is 210 g/mol. The van der Waals surface area contributed by atoms with Crippen LogP contribution in [0.1, 0.15) is 53.4 Å². The molecule has 1 heteroatoms. The van der Waals surface area contributed by atoms with Gasteiger partial charge in [0.15, 0.2) is 0 Å². The molecule has 0 aromatic carbocycles. The van der Waals surface area contributed by atoms with Crippen LogP contribution in [0.4, 0.5) is 0 Å². The maximum atomic E-state index is 2.53. The zero-order valence-electron chi connectivity index (χ0n) is 11.1. The largest absolute Gasteiger partial charge is 0.321 e. The summed E-state index contributed by atoms with van der Waals surface area (Å²) in [4.78, 5) is 0. The molecule has 2 heterocycles. The predicted molar refractivity (Wildman–Crippen MR) is 65.7 cm³/mol. The van der Waals surface area contributed by atoms with Gasteiger partial charge in [-0.2, -0.15) is 0 Å². The van der Waals surface area contributed by atoms with Crippen molar-refractivity contribution in [2.75, 3.05) is 19.6 Å². The molecule has 3 atom stereocenters. The van der Waals surface area contributed by atoms with Crippen LogP contribution in [0, 0.1) is 11.3 Å². The van der Waals surface area contributed by atoms with Gasteiger partial charge in [0.05, 0.1) is 25.7 Å². The maximum Gasteiger partial charge on any atom is 0.0916 e. The van der Waals surface area contributed by atoms with Crippen molar-refractivity contribution in [1.82, 2.24) is 0 Å². The molecule has 0 radical (unpaired) electrons. The van der Waals surface area contributed by atoms with E-state index in [2.05, 4.69) is 27.7 Å². The van der Waals surface area contributed by atoms with E-state index in [1.54, 1.807) is 0 Å². The minimum Gasteiger partial charge on any atom is -0.321 e. The van der Waals surface area contributed by atoms with Crippen molar-refractivity contribution in [2.45, 2.75) is 59.4 Å². The second-order valence-electron chi connectivity index (χ2n) is 6.42. The Balaban J connectivity index is 2.29. The molecule has 3 fully saturated rings. The summed E-state index contributed by atoms with van der Waals surface area (Å²) in [6.45, 7) is 14.0. The predicted octanol–water partition coefficient (Wildman–Crippen LogP) is 3.44. The molecule has 15 heavy (non-hydrogen) atoms. The van der Waals surface area contributed by atoms with Crippen LogP contribution in [-0.2, 0) is 0 Å². The van der Waals surface area contributed by atoms with E-state index in [1.165, 1.54) is 49.8 Å². The highest BCUT2D eigenvalue weighted by Crippen LogP contribution is 2.48. The molecule has 2 aliphatic heterocycles. The van der Waals surface area contributed by atoms with Crippen LogP contribution in [0.3, 0.4) is 0 Å². The first-order valence-electron chi connectivity index (χ1n) is 6.91. The van der Waals surface area contributed by atoms with E-state index in [-0.39, 0.29) is 0 Å². The normalized spacial score (nSPS) is 44.0. The first-order chi connectivity index (χ1) is 7.05. The van der Waals surface area contributed by atoms with Crippen molar-refractivity contribution in [3.05, 3.63) is 0 Å². The van der Waals surface area contributed by atoms with Crippen LogP contribution in [0.25, 0.3) is 0 Å². The molecular weight excluding hydrogens is 182 g/mol. The molecule has 88 valence electrons. The summed E-state index contributed by atoms with van der Waals surface area (Å²) in [5.74, 6) is 0.950. The maximum absolute atomic E-state index is 2.53. The Kier molecular flexibility index (Phi) is 2.87. The molecule has 3 unspecified atom stereocenters. The Hall–Kier alpha value is -0.0400. The van der Waals surface area contributed by atoms with E-state index in [4.69, 9.17) is 0 Å². The highest BCUT2D eigenvalue weighted by Gasteiger charge is 2.49. The van der Waals surface area contributed by atoms with Crippen LogP contribution in [0.5, 0.6) is 0 Å². The number of quaternary nitrogens is 1. The average molecular weight is 210 g/mol. The standard InChI is InChI=1S/C14H28N/c1-5-15(6-2)10-9-14(4)8-7-13(15)12(3)11-14/h12-13H,5-11H2,1-4H3/q+1. The highest BCUT2D eigenvalue weighted by molar-refractivity contribution is 4.90. The van der Waals surface area contributed by atoms with Crippen molar-refractivity contribution in [1.29, 1.82) is 0 Å². The average Bonchev–Trinajstić information content (AvgIpc) is 2.42. The van der Waals surface area contributed by atoms with E-state index < -0.39 is 0 Å². The molecule has 2 bridgehead atoms. The number of nitrogens with zero attached hydrogens (tertiary/aromatic N) is 1. The Morgan fingerprint density at radius 3 is 2.40 bits per heavy atom. The lowest BCUT2D eigenvalue weighted by atomic mass is 9.69. The van der Waals surface area contributed by atoms with Gasteiger partial charge in [-0.15, -0.1) is 0 Å². The summed E-state index contributed by atoms with van der Waals surface area (Å²) in [6, 6.07) is 0.968. The number of hydrogen-bond donors (Lipinski definition) is 0. The fourth-order valence-corrected chi connectivity index (χ4v) is 4.50. The van der Waals surface area contributed by atoms with Gasteiger partial charge in [-0.1, -0.05) is 13.8 Å². The van der Waals surface area contributed by atoms with Gasteiger partial charge in [0.2, 0.25) is 0 Å². The topological polar surface area (TPSA) is 0 Å². The molecule has 0 spiro atoms. The third-order valence-corrected chi connectivity index (χ3v) is 5.64. The molecule has 3 aliphatic rings. The summed E-state index contributed by atoms with van der Waals surface area (Å²) in [5.41, 5.74) is 0.681. The second-order valence-corrected chi connectivity index (χ2v) is 6.42. The molecule has 1 saturated carbocycles. The van der Waals surface area contributed by atoms with E-state index in [0.29, 0.717) is 5.41 Å². The second kappa shape index (κ2) is 3.76. The van der Waals surface area contributed by atoms with Crippen molar-refractivity contribution < 1.29 is 4.48 Å². The van der Waals surface area contributed by atoms with Gasteiger partial charge < -0.3 is 4.48 Å². The molecular formula is C14H28N+. The van der Waals surface area contributed by atoms with Crippen LogP contribution in [-0.4, -0.2) is 30.2 Å². The minimum atomic E-state index is 0.681. The van der Waals surface area contributed by atoms with Gasteiger partial charge in [-0.25, -0.2) is 0 Å². The fraction of sp³-hybridized carbons (Fsp3) is 1.00. The smallest absolute Gasteiger partial charge is 0.0916 e. The SMILES string of the molecule is CC[N+]1(CC)CCC2(C)CCC1C(C)C2. The minimum absolute atomic E-state index is 0.681. The molecule has 1 nitrogen and oxygen atoms in total. The van der Waals surface area contributed by atoms with Crippen LogP contribution in [0.2, 0.25) is 0 Å². The van der Waals surface area contributed by atoms with Crippen molar-refractivity contribution in [3.8, 4) is 0 Å². The lowest BCUT2D eigenvalue weighted by Crippen LogP contribution is -2.57. The molecule has 0 amide bonds. The fourth-order valence-electron chi connectivity index (χ4n) is 4.50. The number of rotatable bonds is 2. The first kappa shape index (κ1) is 11.4. The van der Waals surface area contributed by atoms with Gasteiger partial charge in [-0.05, 0) is 32.1 Å². The van der Waals surface area contributed by atoms with E-state index >= 15 is 0 Å². The Morgan fingerprint density at radius 1 is 1.20 bits per heavy atom. The Morgan fingerprint density at radius 2 is 1.87 bits per heavy atom. The van der Waals surface area contributed by atoms with Gasteiger partial charge in [-0.3, -0.25) is 0 Å². The van der Waals surface area contributed by atoms with Crippen molar-refractivity contribution in [3.63, 3.8) is 0 Å². The molecule has 1 aliphatic carbocycles. The van der Waals surface area contributed by atoms with Gasteiger partial charge in [0.1, 0.15) is 0 Å². The van der Waals surface area contributed by atoms with Gasteiger partial charge in [0, 0.05) is 18.8 Å². The zero-order chi connectivity index (χ0) is 11.1. The van der Waals surface area contributed by atoms with E-state index in [9.17, 15) is 0 Å². The number of fused-ring (bicyclic) bond motifs is 4. The highest BCUT2D eigenvalue weighted by atomic mass is 15.4. The lowest BCUT2D eigenvalue weighted by Gasteiger charge is -2.46. The molecule has 2 saturated heterocycles. The van der Waals surface area contributed by atoms with Gasteiger partial charge >= 0.3 is 0 Å². The van der Waals surface area contributed by atoms with Crippen molar-refractivity contribution in [2.24, 2.45) is 11.3 Å². The Labute approximate surface area is 95.4 Å². The quantitative estimate of drug-likeness (QED) is 0.612. The molecule has 0 aromatic heterocycles. The molecule has 0 N–H and O–H groups in total. The van der Waals surface area contributed by atoms with E-state index in [0.717, 1.165) is 12.0 Å². The van der Waals surface area contributed by atoms with Crippen LogP contribution < -0.4 is 0 Å². The van der Waals surface area contributed by atoms with Gasteiger partial charge in [0.25, 0.3) is 0 Å². The number of hydrogen-bond acceptors (Lipinski definition) is 0. The first-order valence-corrected chi connectivity index (χ1v) is 6.91. The summed E-state index contributed by atoms with van der Waals surface area (Å²) >= 11 is 0. The lowest BCUT2D eigenvalue weighted by molar-refractivity contribution is -0.950. The summed E-state index contributed by atoms with van der Waals surface area (Å²) in [6.07, 6.45) is 5.93. The van der Waals surface area contributed by atoms with E-state index in [1.807, 2.05) is 0 Å². The van der Waals surface area contributed by atoms with Crippen LogP contribution >= 0.6 is 0 Å². The summed E-state index contributed by atoms with van der Waals surface area (Å²) < 4.78 is 1.41. The Bertz CT molecular complexity index is 231. The summed E-state index contributed by atoms with van der Waals surface area (Å²) in [7, 11) is 0. The zero-order valence-corrected chi connectivity index (χ0v) is 11.1. The molecule has 0 aromatic rings. The summed E-state index contributed by atoms with van der Waals surface area (Å²) in [5, 5.41) is 0.